The zero-order valence-corrected chi connectivity index (χ0v) is 17.9. The Morgan fingerprint density at radius 1 is 0.714 bits per heavy atom. The Balaban J connectivity index is 1.76. The molecule has 0 heterocycles. The lowest BCUT2D eigenvalue weighted by atomic mass is 9.98. The molecule has 150 valence electrons. The van der Waals surface area contributed by atoms with Gasteiger partial charge in [-0.2, -0.15) is 0 Å². The van der Waals surface area contributed by atoms with Gasteiger partial charge < -0.3 is 10.6 Å². The molecule has 0 bridgehead atoms. The summed E-state index contributed by atoms with van der Waals surface area (Å²) in [5, 5.41) is 7.29. The number of halogens is 2. The van der Waals surface area contributed by atoms with Crippen molar-refractivity contribution >= 4 is 46.4 Å². The summed E-state index contributed by atoms with van der Waals surface area (Å²) < 4.78 is 0. The third-order valence-electron chi connectivity index (χ3n) is 5.42. The summed E-state index contributed by atoms with van der Waals surface area (Å²) in [6.07, 6.45) is 7.00. The summed E-state index contributed by atoms with van der Waals surface area (Å²) in [6, 6.07) is 3.77. The average Bonchev–Trinajstić information content (AvgIpc) is 2.66. The highest BCUT2D eigenvalue weighted by Gasteiger charge is 2.21. The van der Waals surface area contributed by atoms with E-state index in [1.165, 1.54) is 0 Å². The van der Waals surface area contributed by atoms with Gasteiger partial charge in [0.1, 0.15) is 0 Å². The monoisotopic (exact) mass is 420 g/mol. The topological polar surface area (TPSA) is 58.2 Å². The van der Waals surface area contributed by atoms with Crippen molar-refractivity contribution in [1.29, 1.82) is 0 Å². The Hall–Kier alpha value is -1.78. The Labute approximate surface area is 176 Å². The SMILES string of the molecule is Cc1cc(NC(=O)C2=C(Cl)CCCC2)c(C)cc1NC(=O)C1=C(Cl)CCCC1. The Morgan fingerprint density at radius 3 is 1.43 bits per heavy atom. The van der Waals surface area contributed by atoms with E-state index in [9.17, 15) is 9.59 Å². The zero-order chi connectivity index (χ0) is 20.3. The smallest absolute Gasteiger partial charge is 0.252 e. The second kappa shape index (κ2) is 9.15. The Bertz CT molecular complexity index is 800. The molecule has 0 spiro atoms. The Morgan fingerprint density at radius 2 is 1.07 bits per heavy atom. The first kappa shape index (κ1) is 20.9. The summed E-state index contributed by atoms with van der Waals surface area (Å²) in [5.74, 6) is -0.272. The van der Waals surface area contributed by atoms with Crippen molar-refractivity contribution in [2.75, 3.05) is 10.6 Å². The van der Waals surface area contributed by atoms with Crippen molar-refractivity contribution in [3.8, 4) is 0 Å². The van der Waals surface area contributed by atoms with E-state index in [0.717, 1.165) is 61.0 Å². The summed E-state index contributed by atoms with van der Waals surface area (Å²) in [5.41, 5.74) is 4.59. The second-order valence-corrected chi connectivity index (χ2v) is 8.48. The number of anilines is 2. The van der Waals surface area contributed by atoms with E-state index in [4.69, 9.17) is 23.2 Å². The number of benzene rings is 1. The minimum atomic E-state index is -0.136. The molecule has 1 aromatic carbocycles. The fraction of sp³-hybridized carbons (Fsp3) is 0.455. The van der Waals surface area contributed by atoms with Gasteiger partial charge >= 0.3 is 0 Å². The van der Waals surface area contributed by atoms with Crippen LogP contribution in [0.1, 0.15) is 62.5 Å². The van der Waals surface area contributed by atoms with E-state index in [0.29, 0.717) is 34.1 Å². The van der Waals surface area contributed by atoms with Gasteiger partial charge in [-0.05, 0) is 88.5 Å². The number of nitrogens with one attached hydrogen (secondary N) is 2. The van der Waals surface area contributed by atoms with Crippen LogP contribution in [-0.4, -0.2) is 11.8 Å². The largest absolute Gasteiger partial charge is 0.322 e. The molecule has 28 heavy (non-hydrogen) atoms. The van der Waals surface area contributed by atoms with Crippen molar-refractivity contribution in [3.63, 3.8) is 0 Å². The maximum absolute atomic E-state index is 12.6. The van der Waals surface area contributed by atoms with Gasteiger partial charge in [0.05, 0.1) is 0 Å². The van der Waals surface area contributed by atoms with Crippen molar-refractivity contribution < 1.29 is 9.59 Å². The summed E-state index contributed by atoms with van der Waals surface area (Å²) in [7, 11) is 0. The minimum absolute atomic E-state index is 0.136. The van der Waals surface area contributed by atoms with Crippen molar-refractivity contribution in [3.05, 3.63) is 44.5 Å². The van der Waals surface area contributed by atoms with Gasteiger partial charge in [-0.1, -0.05) is 23.2 Å². The van der Waals surface area contributed by atoms with Gasteiger partial charge in [-0.25, -0.2) is 0 Å². The summed E-state index contributed by atoms with van der Waals surface area (Å²) >= 11 is 12.5. The van der Waals surface area contributed by atoms with Gasteiger partial charge in [0.2, 0.25) is 0 Å². The molecule has 2 N–H and O–H groups in total. The molecule has 0 aromatic heterocycles. The minimum Gasteiger partial charge on any atom is -0.322 e. The zero-order valence-electron chi connectivity index (χ0n) is 16.4. The van der Waals surface area contributed by atoms with Crippen LogP contribution in [0.25, 0.3) is 0 Å². The number of allylic oxidation sites excluding steroid dienone is 2. The number of carbonyl (C=O) groups is 2. The number of hydrogen-bond donors (Lipinski definition) is 2. The molecule has 0 aliphatic heterocycles. The third kappa shape index (κ3) is 4.79. The van der Waals surface area contributed by atoms with E-state index >= 15 is 0 Å². The average molecular weight is 421 g/mol. The van der Waals surface area contributed by atoms with Crippen LogP contribution in [-0.2, 0) is 9.59 Å². The van der Waals surface area contributed by atoms with Crippen molar-refractivity contribution in [2.45, 2.75) is 65.2 Å². The first-order valence-electron chi connectivity index (χ1n) is 9.86. The number of hydrogen-bond acceptors (Lipinski definition) is 2. The fourth-order valence-corrected chi connectivity index (χ4v) is 4.32. The van der Waals surface area contributed by atoms with E-state index in [1.54, 1.807) is 0 Å². The van der Waals surface area contributed by atoms with Crippen LogP contribution in [0.15, 0.2) is 33.3 Å². The highest BCUT2D eigenvalue weighted by molar-refractivity contribution is 6.33. The third-order valence-corrected chi connectivity index (χ3v) is 6.25. The predicted molar refractivity (Wildman–Crippen MR) is 116 cm³/mol. The molecule has 0 radical (unpaired) electrons. The standard InChI is InChI=1S/C22H26Cl2N2O2/c1-13-11-20(26-22(28)16-8-4-6-10-18(16)24)14(2)12-19(13)25-21(27)15-7-3-5-9-17(15)23/h11-12H,3-10H2,1-2H3,(H,25,27)(H,26,28). The van der Waals surface area contributed by atoms with Crippen molar-refractivity contribution in [2.24, 2.45) is 0 Å². The van der Waals surface area contributed by atoms with E-state index in [2.05, 4.69) is 10.6 Å². The quantitative estimate of drug-likeness (QED) is 0.598. The van der Waals surface area contributed by atoms with Crippen LogP contribution in [0.3, 0.4) is 0 Å². The molecule has 0 saturated carbocycles. The number of aryl methyl sites for hydroxylation is 2. The van der Waals surface area contributed by atoms with Crippen LogP contribution in [0.5, 0.6) is 0 Å². The molecule has 0 saturated heterocycles. The molecule has 0 fully saturated rings. The number of rotatable bonds is 4. The van der Waals surface area contributed by atoms with E-state index in [-0.39, 0.29) is 11.8 Å². The first-order valence-corrected chi connectivity index (χ1v) is 10.6. The Kier molecular flexibility index (Phi) is 6.84. The van der Waals surface area contributed by atoms with E-state index < -0.39 is 0 Å². The van der Waals surface area contributed by atoms with Gasteiger partial charge in [0.15, 0.2) is 0 Å². The number of carbonyl (C=O) groups excluding carboxylic acids is 2. The molecule has 0 atom stereocenters. The molecule has 2 amide bonds. The second-order valence-electron chi connectivity index (χ2n) is 7.57. The van der Waals surface area contributed by atoms with Gasteiger partial charge in [0.25, 0.3) is 11.8 Å². The first-order chi connectivity index (χ1) is 13.4. The summed E-state index contributed by atoms with van der Waals surface area (Å²) in [4.78, 5) is 25.2. The normalized spacial score (nSPS) is 17.6. The molecule has 0 unspecified atom stereocenters. The van der Waals surface area contributed by atoms with Gasteiger partial charge in [-0.3, -0.25) is 9.59 Å². The van der Waals surface area contributed by atoms with Gasteiger partial charge in [-0.15, -0.1) is 0 Å². The van der Waals surface area contributed by atoms with Crippen LogP contribution in [0.2, 0.25) is 0 Å². The molecule has 4 nitrogen and oxygen atoms in total. The highest BCUT2D eigenvalue weighted by atomic mass is 35.5. The molecule has 2 aliphatic rings. The number of amides is 2. The molecule has 3 rings (SSSR count). The van der Waals surface area contributed by atoms with Crippen molar-refractivity contribution in [1.82, 2.24) is 0 Å². The molecule has 6 heteroatoms. The highest BCUT2D eigenvalue weighted by Crippen LogP contribution is 2.31. The fourth-order valence-electron chi connectivity index (χ4n) is 3.69. The lowest BCUT2D eigenvalue weighted by molar-refractivity contribution is -0.113. The van der Waals surface area contributed by atoms with E-state index in [1.807, 2.05) is 26.0 Å². The summed E-state index contributed by atoms with van der Waals surface area (Å²) in [6.45, 7) is 3.82. The van der Waals surface area contributed by atoms with Crippen LogP contribution in [0.4, 0.5) is 11.4 Å². The maximum Gasteiger partial charge on any atom is 0.252 e. The van der Waals surface area contributed by atoms with Crippen LogP contribution >= 0.6 is 23.2 Å². The molecular formula is C22H26Cl2N2O2. The molecular weight excluding hydrogens is 395 g/mol. The van der Waals surface area contributed by atoms with Crippen LogP contribution in [0, 0.1) is 13.8 Å². The molecule has 1 aromatic rings. The maximum atomic E-state index is 12.6. The lowest BCUT2D eigenvalue weighted by Gasteiger charge is -2.19. The predicted octanol–water partition coefficient (Wildman–Crippen LogP) is 6.31. The molecule has 2 aliphatic carbocycles. The lowest BCUT2D eigenvalue weighted by Crippen LogP contribution is -2.19. The van der Waals surface area contributed by atoms with Crippen LogP contribution < -0.4 is 10.6 Å². The van der Waals surface area contributed by atoms with Gasteiger partial charge in [0, 0.05) is 32.6 Å².